The molecule has 0 amide bonds. The van der Waals surface area contributed by atoms with Crippen molar-refractivity contribution in [1.82, 2.24) is 5.32 Å². The molecule has 4 heteroatoms. The summed E-state index contributed by atoms with van der Waals surface area (Å²) in [5.41, 5.74) is 7.92. The Hall–Kier alpha value is -1.13. The van der Waals surface area contributed by atoms with Gasteiger partial charge in [-0.25, -0.2) is 0 Å². The van der Waals surface area contributed by atoms with Crippen molar-refractivity contribution in [2.24, 2.45) is 5.73 Å². The lowest BCUT2D eigenvalue weighted by Crippen LogP contribution is -2.32. The first-order chi connectivity index (χ1) is 8.17. The van der Waals surface area contributed by atoms with Gasteiger partial charge in [-0.1, -0.05) is 37.6 Å². The molecule has 0 spiro atoms. The van der Waals surface area contributed by atoms with Crippen molar-refractivity contribution in [2.75, 3.05) is 7.11 Å². The summed E-state index contributed by atoms with van der Waals surface area (Å²) in [5.74, 6) is 0. The van der Waals surface area contributed by atoms with Crippen LogP contribution in [0.25, 0.3) is 0 Å². The van der Waals surface area contributed by atoms with E-state index in [9.17, 15) is 0 Å². The molecule has 0 aliphatic carbocycles. The van der Waals surface area contributed by atoms with Crippen LogP contribution in [-0.2, 0) is 11.3 Å². The number of methoxy groups -OCH3 is 1. The largest absolute Gasteiger partial charge is 0.380 e. The molecule has 94 valence electrons. The van der Waals surface area contributed by atoms with Crippen LogP contribution in [0.4, 0.5) is 0 Å². The van der Waals surface area contributed by atoms with Gasteiger partial charge in [0.25, 0.3) is 0 Å². The van der Waals surface area contributed by atoms with E-state index in [1.807, 2.05) is 0 Å². The zero-order valence-electron chi connectivity index (χ0n) is 10.4. The molecule has 1 aromatic carbocycles. The fourth-order valence-electron chi connectivity index (χ4n) is 1.80. The molecule has 0 aromatic heterocycles. The third kappa shape index (κ3) is 4.71. The summed E-state index contributed by atoms with van der Waals surface area (Å²) in [6.07, 6.45) is 2.10. The fraction of sp³-hybridized carbons (Fsp3) is 0.462. The van der Waals surface area contributed by atoms with Gasteiger partial charge in [-0.2, -0.15) is 0 Å². The first kappa shape index (κ1) is 13.9. The van der Waals surface area contributed by atoms with Crippen molar-refractivity contribution < 1.29 is 4.74 Å². The highest BCUT2D eigenvalue weighted by Gasteiger charge is 2.10. The molecular weight excluding hydrogens is 232 g/mol. The van der Waals surface area contributed by atoms with E-state index in [1.165, 1.54) is 11.1 Å². The van der Waals surface area contributed by atoms with Crippen LogP contribution in [0.1, 0.15) is 36.9 Å². The van der Waals surface area contributed by atoms with Gasteiger partial charge in [0.2, 0.25) is 0 Å². The molecule has 0 saturated heterocycles. The molecule has 1 rings (SSSR count). The molecule has 0 aliphatic rings. The van der Waals surface area contributed by atoms with E-state index in [0.29, 0.717) is 11.7 Å². The number of hydrogen-bond donors (Lipinski definition) is 2. The van der Waals surface area contributed by atoms with Crippen molar-refractivity contribution in [3.05, 3.63) is 35.4 Å². The average Bonchev–Trinajstić information content (AvgIpc) is 2.29. The van der Waals surface area contributed by atoms with Gasteiger partial charge in [0.05, 0.1) is 12.6 Å². The van der Waals surface area contributed by atoms with E-state index in [2.05, 4.69) is 36.5 Å². The van der Waals surface area contributed by atoms with Gasteiger partial charge in [0, 0.05) is 7.11 Å². The topological polar surface area (TPSA) is 47.3 Å². The first-order valence-electron chi connectivity index (χ1n) is 5.81. The zero-order valence-corrected chi connectivity index (χ0v) is 11.2. The number of hydrogen-bond acceptors (Lipinski definition) is 2. The predicted octanol–water partition coefficient (Wildman–Crippen LogP) is 2.51. The highest BCUT2D eigenvalue weighted by atomic mass is 32.1. The first-order valence-corrected chi connectivity index (χ1v) is 6.22. The summed E-state index contributed by atoms with van der Waals surface area (Å²) in [6.45, 7) is 2.79. The minimum absolute atomic E-state index is 0.203. The summed E-state index contributed by atoms with van der Waals surface area (Å²) in [6, 6.07) is 8.54. The summed E-state index contributed by atoms with van der Waals surface area (Å²) >= 11 is 4.90. The minimum atomic E-state index is 0.203. The molecule has 17 heavy (non-hydrogen) atoms. The highest BCUT2D eigenvalue weighted by molar-refractivity contribution is 7.80. The third-order valence-corrected chi connectivity index (χ3v) is 2.70. The molecule has 0 fully saturated rings. The van der Waals surface area contributed by atoms with Crippen LogP contribution in [0.2, 0.25) is 0 Å². The quantitative estimate of drug-likeness (QED) is 0.764. The molecule has 0 aliphatic heterocycles. The van der Waals surface area contributed by atoms with Gasteiger partial charge in [-0.15, -0.1) is 0 Å². The van der Waals surface area contributed by atoms with Gasteiger partial charge in [0.1, 0.15) is 0 Å². The van der Waals surface area contributed by atoms with Crippen LogP contribution in [0, 0.1) is 0 Å². The van der Waals surface area contributed by atoms with E-state index in [4.69, 9.17) is 22.7 Å². The Labute approximate surface area is 108 Å². The second kappa shape index (κ2) is 7.25. The number of ether oxygens (including phenoxy) is 1. The molecule has 0 bridgehead atoms. The average molecular weight is 252 g/mol. The van der Waals surface area contributed by atoms with Crippen LogP contribution < -0.4 is 11.1 Å². The number of nitrogens with two attached hydrogens (primary N) is 1. The summed E-state index contributed by atoms with van der Waals surface area (Å²) in [5, 5.41) is 3.48. The van der Waals surface area contributed by atoms with E-state index >= 15 is 0 Å². The van der Waals surface area contributed by atoms with E-state index in [1.54, 1.807) is 7.11 Å². The SMILES string of the molecule is CCCC(NC(N)=S)c1ccc(COC)cc1. The lowest BCUT2D eigenvalue weighted by molar-refractivity contribution is 0.185. The van der Waals surface area contributed by atoms with Crippen LogP contribution in [-0.4, -0.2) is 12.2 Å². The Morgan fingerprint density at radius 1 is 1.41 bits per heavy atom. The summed E-state index contributed by atoms with van der Waals surface area (Å²) in [7, 11) is 1.70. The molecule has 3 nitrogen and oxygen atoms in total. The summed E-state index contributed by atoms with van der Waals surface area (Å²) in [4.78, 5) is 0. The Kier molecular flexibility index (Phi) is 5.94. The van der Waals surface area contributed by atoms with E-state index in [-0.39, 0.29) is 6.04 Å². The van der Waals surface area contributed by atoms with Crippen LogP contribution >= 0.6 is 12.2 Å². The van der Waals surface area contributed by atoms with Gasteiger partial charge in [0.15, 0.2) is 5.11 Å². The standard InChI is InChI=1S/C13H20N2OS/c1-3-4-12(15-13(14)17)11-7-5-10(6-8-11)9-16-2/h5-8,12H,3-4,9H2,1-2H3,(H3,14,15,17). The molecule has 1 atom stereocenters. The lowest BCUT2D eigenvalue weighted by atomic mass is 10.0. The van der Waals surface area contributed by atoms with Crippen LogP contribution in [0.15, 0.2) is 24.3 Å². The lowest BCUT2D eigenvalue weighted by Gasteiger charge is -2.18. The zero-order chi connectivity index (χ0) is 12.7. The molecule has 1 aromatic rings. The fourth-order valence-corrected chi connectivity index (χ4v) is 1.94. The van der Waals surface area contributed by atoms with Crippen molar-refractivity contribution in [3.8, 4) is 0 Å². The Balaban J connectivity index is 2.75. The molecule has 0 heterocycles. The maximum atomic E-state index is 5.54. The third-order valence-electron chi connectivity index (χ3n) is 2.59. The van der Waals surface area contributed by atoms with E-state index < -0.39 is 0 Å². The van der Waals surface area contributed by atoms with Gasteiger partial charge in [-0.05, 0) is 29.8 Å². The number of nitrogens with one attached hydrogen (secondary N) is 1. The number of benzene rings is 1. The van der Waals surface area contributed by atoms with Crippen LogP contribution in [0.5, 0.6) is 0 Å². The Morgan fingerprint density at radius 2 is 2.06 bits per heavy atom. The van der Waals surface area contributed by atoms with Crippen LogP contribution in [0.3, 0.4) is 0 Å². The predicted molar refractivity (Wildman–Crippen MR) is 74.7 cm³/mol. The van der Waals surface area contributed by atoms with Gasteiger partial charge < -0.3 is 15.8 Å². The molecule has 0 radical (unpaired) electrons. The Bertz CT molecular complexity index is 351. The second-order valence-corrected chi connectivity index (χ2v) is 4.46. The maximum absolute atomic E-state index is 5.54. The van der Waals surface area contributed by atoms with Gasteiger partial charge in [-0.3, -0.25) is 0 Å². The molecule has 3 N–H and O–H groups in total. The van der Waals surface area contributed by atoms with Crippen molar-refractivity contribution >= 4 is 17.3 Å². The van der Waals surface area contributed by atoms with Crippen molar-refractivity contribution in [2.45, 2.75) is 32.4 Å². The van der Waals surface area contributed by atoms with Gasteiger partial charge >= 0.3 is 0 Å². The number of rotatable bonds is 6. The smallest absolute Gasteiger partial charge is 0.164 e. The molecule has 1 unspecified atom stereocenters. The number of thiocarbonyl (C=S) groups is 1. The molecule has 0 saturated carbocycles. The monoisotopic (exact) mass is 252 g/mol. The normalized spacial score (nSPS) is 12.1. The minimum Gasteiger partial charge on any atom is -0.380 e. The second-order valence-electron chi connectivity index (χ2n) is 4.02. The van der Waals surface area contributed by atoms with Crippen molar-refractivity contribution in [3.63, 3.8) is 0 Å². The Morgan fingerprint density at radius 3 is 2.53 bits per heavy atom. The molecular formula is C13H20N2OS. The summed E-state index contributed by atoms with van der Waals surface area (Å²) < 4.78 is 5.08. The highest BCUT2D eigenvalue weighted by Crippen LogP contribution is 2.19. The maximum Gasteiger partial charge on any atom is 0.164 e. The van der Waals surface area contributed by atoms with Crippen molar-refractivity contribution in [1.29, 1.82) is 0 Å². The van der Waals surface area contributed by atoms with E-state index in [0.717, 1.165) is 12.8 Å².